The van der Waals surface area contributed by atoms with Gasteiger partial charge in [-0.3, -0.25) is 10.1 Å². The largest absolute Gasteiger partial charge is 0.381 e. The Hall–Kier alpha value is -1.42. The molecule has 8 heteroatoms. The van der Waals surface area contributed by atoms with Crippen LogP contribution in [0.5, 0.6) is 0 Å². The lowest BCUT2D eigenvalue weighted by Gasteiger charge is -2.12. The molecule has 2 N–H and O–H groups in total. The summed E-state index contributed by atoms with van der Waals surface area (Å²) in [4.78, 5) is 15.1. The minimum Gasteiger partial charge on any atom is -0.381 e. The highest BCUT2D eigenvalue weighted by atomic mass is 127. The molecule has 0 amide bonds. The summed E-state index contributed by atoms with van der Waals surface area (Å²) in [6.07, 6.45) is 0.878. The third-order valence-electron chi connectivity index (χ3n) is 3.15. The predicted molar refractivity (Wildman–Crippen MR) is 112 cm³/mol. The number of nitrogens with zero attached hydrogens (tertiary/aromatic N) is 2. The van der Waals surface area contributed by atoms with Gasteiger partial charge >= 0.3 is 0 Å². The monoisotopic (exact) mass is 464 g/mol. The van der Waals surface area contributed by atoms with Crippen LogP contribution in [0.15, 0.2) is 29.3 Å². The molecule has 0 atom stereocenters. The van der Waals surface area contributed by atoms with Crippen LogP contribution in [0.2, 0.25) is 0 Å². The molecule has 0 heterocycles. The average molecular weight is 464 g/mol. The first-order chi connectivity index (χ1) is 11.5. The molecule has 0 aromatic heterocycles. The Morgan fingerprint density at radius 3 is 2.68 bits per heavy atom. The van der Waals surface area contributed by atoms with Gasteiger partial charge in [-0.2, -0.15) is 0 Å². The van der Waals surface area contributed by atoms with E-state index in [2.05, 4.69) is 29.5 Å². The number of hydrogen-bond donors (Lipinski definition) is 2. The van der Waals surface area contributed by atoms with E-state index in [1.54, 1.807) is 18.2 Å². The van der Waals surface area contributed by atoms with Crippen LogP contribution in [0.25, 0.3) is 0 Å². The van der Waals surface area contributed by atoms with Gasteiger partial charge in [0.25, 0.3) is 5.69 Å². The molecule has 0 aliphatic rings. The summed E-state index contributed by atoms with van der Waals surface area (Å²) in [5.41, 5.74) is 0.694. The van der Waals surface area contributed by atoms with Crippen LogP contribution in [-0.2, 0) is 11.3 Å². The van der Waals surface area contributed by atoms with Gasteiger partial charge in [0, 0.05) is 32.4 Å². The second kappa shape index (κ2) is 13.8. The SMILES string of the molecule is CCNC(=NCc1ccccc1[N+](=O)[O-])NCCCOCC(C)C.I. The van der Waals surface area contributed by atoms with Crippen LogP contribution in [0.4, 0.5) is 5.69 Å². The molecule has 0 unspecified atom stereocenters. The molecule has 0 aliphatic carbocycles. The maximum Gasteiger partial charge on any atom is 0.274 e. The number of ether oxygens (including phenoxy) is 1. The number of nitro benzene ring substituents is 1. The zero-order valence-corrected chi connectivity index (χ0v) is 17.5. The fraction of sp³-hybridized carbons (Fsp3) is 0.588. The average Bonchev–Trinajstić information content (AvgIpc) is 2.55. The van der Waals surface area contributed by atoms with Crippen molar-refractivity contribution in [2.75, 3.05) is 26.3 Å². The fourth-order valence-electron chi connectivity index (χ4n) is 2.03. The number of benzene rings is 1. The van der Waals surface area contributed by atoms with Crippen molar-refractivity contribution in [2.45, 2.75) is 33.7 Å². The number of hydrogen-bond acceptors (Lipinski definition) is 4. The van der Waals surface area contributed by atoms with Crippen LogP contribution < -0.4 is 10.6 Å². The molecule has 0 spiro atoms. The highest BCUT2D eigenvalue weighted by Gasteiger charge is 2.11. The normalized spacial score (nSPS) is 11.1. The molecule has 1 aromatic carbocycles. The van der Waals surface area contributed by atoms with Crippen molar-refractivity contribution in [3.8, 4) is 0 Å². The molecule has 25 heavy (non-hydrogen) atoms. The van der Waals surface area contributed by atoms with E-state index in [0.717, 1.165) is 26.1 Å². The number of rotatable bonds is 10. The van der Waals surface area contributed by atoms with Crippen molar-refractivity contribution in [2.24, 2.45) is 10.9 Å². The first kappa shape index (κ1) is 23.6. The van der Waals surface area contributed by atoms with Crippen LogP contribution in [0, 0.1) is 16.0 Å². The summed E-state index contributed by atoms with van der Waals surface area (Å²) in [5.74, 6) is 1.19. The maximum absolute atomic E-state index is 11.0. The van der Waals surface area contributed by atoms with E-state index in [4.69, 9.17) is 4.74 Å². The second-order valence-electron chi connectivity index (χ2n) is 5.83. The third-order valence-corrected chi connectivity index (χ3v) is 3.15. The zero-order valence-electron chi connectivity index (χ0n) is 15.2. The van der Waals surface area contributed by atoms with Gasteiger partial charge in [-0.1, -0.05) is 32.0 Å². The van der Waals surface area contributed by atoms with Crippen LogP contribution in [0.1, 0.15) is 32.8 Å². The first-order valence-corrected chi connectivity index (χ1v) is 8.36. The summed E-state index contributed by atoms with van der Waals surface area (Å²) in [6.45, 7) is 9.42. The van der Waals surface area contributed by atoms with Crippen LogP contribution >= 0.6 is 24.0 Å². The standard InChI is InChI=1S/C17H28N4O3.HI/c1-4-18-17(19-10-7-11-24-13-14(2)3)20-12-15-8-5-6-9-16(15)21(22)23;/h5-6,8-9,14H,4,7,10-13H2,1-3H3,(H2,18,19,20);1H. The van der Waals surface area contributed by atoms with E-state index in [0.29, 0.717) is 24.0 Å². The summed E-state index contributed by atoms with van der Waals surface area (Å²) in [5, 5.41) is 17.4. The lowest BCUT2D eigenvalue weighted by atomic mass is 10.2. The van der Waals surface area contributed by atoms with Gasteiger partial charge in [0.05, 0.1) is 17.0 Å². The Balaban J connectivity index is 0.00000576. The summed E-state index contributed by atoms with van der Waals surface area (Å²) >= 11 is 0. The van der Waals surface area contributed by atoms with Gasteiger partial charge in [-0.05, 0) is 19.3 Å². The van der Waals surface area contributed by atoms with E-state index in [1.165, 1.54) is 6.07 Å². The van der Waals surface area contributed by atoms with Crippen molar-refractivity contribution >= 4 is 35.6 Å². The van der Waals surface area contributed by atoms with Gasteiger partial charge in [0.1, 0.15) is 0 Å². The van der Waals surface area contributed by atoms with E-state index >= 15 is 0 Å². The van der Waals surface area contributed by atoms with Gasteiger partial charge in [0.2, 0.25) is 0 Å². The summed E-state index contributed by atoms with van der Waals surface area (Å²) < 4.78 is 5.53. The number of halogens is 1. The molecule has 0 saturated carbocycles. The summed E-state index contributed by atoms with van der Waals surface area (Å²) in [6, 6.07) is 6.67. The molecule has 1 rings (SSSR count). The van der Waals surface area contributed by atoms with E-state index < -0.39 is 0 Å². The zero-order chi connectivity index (χ0) is 17.8. The van der Waals surface area contributed by atoms with Crippen molar-refractivity contribution in [1.29, 1.82) is 0 Å². The number of nitro groups is 1. The smallest absolute Gasteiger partial charge is 0.274 e. The van der Waals surface area contributed by atoms with Gasteiger partial charge in [-0.25, -0.2) is 4.99 Å². The van der Waals surface area contributed by atoms with Gasteiger partial charge in [-0.15, -0.1) is 24.0 Å². The fourth-order valence-corrected chi connectivity index (χ4v) is 2.03. The van der Waals surface area contributed by atoms with E-state index in [9.17, 15) is 10.1 Å². The predicted octanol–water partition coefficient (Wildman–Crippen LogP) is 3.33. The molecule has 0 bridgehead atoms. The highest BCUT2D eigenvalue weighted by Crippen LogP contribution is 2.18. The maximum atomic E-state index is 11.0. The molecule has 1 aromatic rings. The molecule has 0 saturated heterocycles. The third kappa shape index (κ3) is 10.2. The van der Waals surface area contributed by atoms with Crippen LogP contribution in [0.3, 0.4) is 0 Å². The Morgan fingerprint density at radius 2 is 2.04 bits per heavy atom. The molecular formula is C17H29IN4O3. The molecule has 0 aliphatic heterocycles. The number of para-hydroxylation sites is 1. The molecule has 7 nitrogen and oxygen atoms in total. The molecule has 142 valence electrons. The molecule has 0 fully saturated rings. The van der Waals surface area contributed by atoms with Crippen molar-refractivity contribution in [3.63, 3.8) is 0 Å². The number of aliphatic imine (C=N–C) groups is 1. The van der Waals surface area contributed by atoms with Crippen molar-refractivity contribution < 1.29 is 9.66 Å². The molecule has 0 radical (unpaired) electrons. The van der Waals surface area contributed by atoms with E-state index in [-0.39, 0.29) is 41.1 Å². The Morgan fingerprint density at radius 1 is 1.32 bits per heavy atom. The summed E-state index contributed by atoms with van der Waals surface area (Å²) in [7, 11) is 0. The topological polar surface area (TPSA) is 88.8 Å². The van der Waals surface area contributed by atoms with Gasteiger partial charge in [0.15, 0.2) is 5.96 Å². The van der Waals surface area contributed by atoms with Gasteiger partial charge < -0.3 is 15.4 Å². The van der Waals surface area contributed by atoms with E-state index in [1.807, 2.05) is 6.92 Å². The Bertz CT molecular complexity index is 538. The second-order valence-corrected chi connectivity index (χ2v) is 5.83. The number of nitrogens with one attached hydrogen (secondary N) is 2. The first-order valence-electron chi connectivity index (χ1n) is 8.36. The lowest BCUT2D eigenvalue weighted by molar-refractivity contribution is -0.385. The minimum atomic E-state index is -0.378. The van der Waals surface area contributed by atoms with Crippen molar-refractivity contribution in [1.82, 2.24) is 10.6 Å². The minimum absolute atomic E-state index is 0. The van der Waals surface area contributed by atoms with Crippen molar-refractivity contribution in [3.05, 3.63) is 39.9 Å². The quantitative estimate of drug-likeness (QED) is 0.139. The Labute approximate surface area is 166 Å². The lowest BCUT2D eigenvalue weighted by Crippen LogP contribution is -2.38. The molecular weight excluding hydrogens is 435 g/mol. The number of guanidine groups is 1. The van der Waals surface area contributed by atoms with Crippen LogP contribution in [-0.4, -0.2) is 37.2 Å². The Kier molecular flexibility index (Phi) is 13.0. The highest BCUT2D eigenvalue weighted by molar-refractivity contribution is 14.0.